The molecule has 0 N–H and O–H groups in total. The number of aromatic nitrogens is 5. The Balaban J connectivity index is 1.64. The number of pyridine rings is 1. The number of amides is 1. The zero-order valence-corrected chi connectivity index (χ0v) is 14.7. The van der Waals surface area contributed by atoms with Crippen molar-refractivity contribution in [1.82, 2.24) is 30.0 Å². The summed E-state index contributed by atoms with van der Waals surface area (Å²) in [6.45, 7) is 1.06. The highest BCUT2D eigenvalue weighted by Gasteiger charge is 2.40. The van der Waals surface area contributed by atoms with Gasteiger partial charge in [-0.1, -0.05) is 11.2 Å². The van der Waals surface area contributed by atoms with Crippen LogP contribution in [0.5, 0.6) is 0 Å². The molecule has 0 spiro atoms. The van der Waals surface area contributed by atoms with Crippen LogP contribution in [-0.4, -0.2) is 62.7 Å². The molecule has 9 nitrogen and oxygen atoms in total. The summed E-state index contributed by atoms with van der Waals surface area (Å²) in [6.07, 6.45) is 8.27. The van der Waals surface area contributed by atoms with Crippen molar-refractivity contribution >= 4 is 5.91 Å². The molecule has 4 rings (SSSR count). The van der Waals surface area contributed by atoms with E-state index in [1.807, 2.05) is 18.3 Å². The molecular formula is C18H18N6O3. The van der Waals surface area contributed by atoms with Crippen LogP contribution in [0.4, 0.5) is 0 Å². The van der Waals surface area contributed by atoms with Crippen molar-refractivity contribution in [1.29, 1.82) is 0 Å². The van der Waals surface area contributed by atoms with Crippen molar-refractivity contribution in [3.8, 4) is 11.5 Å². The van der Waals surface area contributed by atoms with Crippen molar-refractivity contribution in [2.24, 2.45) is 0 Å². The maximum atomic E-state index is 12.3. The fraction of sp³-hybridized carbons (Fsp3) is 0.333. The van der Waals surface area contributed by atoms with Gasteiger partial charge in [0.15, 0.2) is 0 Å². The summed E-state index contributed by atoms with van der Waals surface area (Å²) in [4.78, 5) is 31.0. The molecule has 27 heavy (non-hydrogen) atoms. The molecule has 3 aromatic rings. The van der Waals surface area contributed by atoms with Gasteiger partial charge < -0.3 is 14.2 Å². The number of hydrogen-bond acceptors (Lipinski definition) is 8. The minimum Gasteiger partial charge on any atom is -0.375 e. The van der Waals surface area contributed by atoms with E-state index in [1.54, 1.807) is 29.7 Å². The fourth-order valence-electron chi connectivity index (χ4n) is 3.31. The highest BCUT2D eigenvalue weighted by Crippen LogP contribution is 2.39. The standard InChI is InChI=1S/C18H18N6O3/c1-26-11-16(25)24-9-13(12-3-2-4-19-7-12)14(10-24)18-22-17(23-27-18)15-8-20-5-6-21-15/h2-8,13-14H,9-11H2,1H3/t13-,14+/m0/s1. The van der Waals surface area contributed by atoms with Gasteiger partial charge in [0, 0.05) is 50.9 Å². The van der Waals surface area contributed by atoms with Gasteiger partial charge in [0.25, 0.3) is 0 Å². The van der Waals surface area contributed by atoms with Crippen LogP contribution < -0.4 is 0 Å². The lowest BCUT2D eigenvalue weighted by Crippen LogP contribution is -2.31. The topological polar surface area (TPSA) is 107 Å². The summed E-state index contributed by atoms with van der Waals surface area (Å²) in [6, 6.07) is 3.87. The van der Waals surface area contributed by atoms with Crippen molar-refractivity contribution < 1.29 is 14.1 Å². The molecule has 0 bridgehead atoms. The lowest BCUT2D eigenvalue weighted by atomic mass is 9.90. The van der Waals surface area contributed by atoms with Gasteiger partial charge in [0.1, 0.15) is 12.3 Å². The van der Waals surface area contributed by atoms with E-state index >= 15 is 0 Å². The molecule has 2 atom stereocenters. The van der Waals surface area contributed by atoms with Gasteiger partial charge in [-0.15, -0.1) is 0 Å². The molecule has 0 radical (unpaired) electrons. The Labute approximate surface area is 155 Å². The summed E-state index contributed by atoms with van der Waals surface area (Å²) in [5.74, 6) is 0.659. The smallest absolute Gasteiger partial charge is 0.248 e. The van der Waals surface area contributed by atoms with Crippen molar-refractivity contribution in [2.45, 2.75) is 11.8 Å². The normalized spacial score (nSPS) is 19.4. The van der Waals surface area contributed by atoms with E-state index in [0.29, 0.717) is 30.5 Å². The first-order valence-corrected chi connectivity index (χ1v) is 8.53. The Hall–Kier alpha value is -3.20. The van der Waals surface area contributed by atoms with Gasteiger partial charge >= 0.3 is 0 Å². The van der Waals surface area contributed by atoms with Gasteiger partial charge in [-0.2, -0.15) is 4.98 Å². The molecule has 1 amide bonds. The minimum absolute atomic E-state index is 0.00895. The first-order chi connectivity index (χ1) is 13.3. The SMILES string of the molecule is COCC(=O)N1C[C@@H](c2cccnc2)[C@H](c2nc(-c3cnccn3)no2)C1. The first-order valence-electron chi connectivity index (χ1n) is 8.53. The van der Waals surface area contributed by atoms with Crippen LogP contribution in [0, 0.1) is 0 Å². The first kappa shape index (κ1) is 17.2. The van der Waals surface area contributed by atoms with E-state index in [-0.39, 0.29) is 24.3 Å². The Morgan fingerprint density at radius 2 is 2.07 bits per heavy atom. The van der Waals surface area contributed by atoms with Gasteiger partial charge in [0.05, 0.1) is 12.1 Å². The zero-order chi connectivity index (χ0) is 18.6. The Bertz CT molecular complexity index is 902. The lowest BCUT2D eigenvalue weighted by molar-refractivity contribution is -0.134. The van der Waals surface area contributed by atoms with Crippen LogP contribution in [0.25, 0.3) is 11.5 Å². The van der Waals surface area contributed by atoms with Crippen molar-refractivity contribution in [3.05, 3.63) is 54.6 Å². The Morgan fingerprint density at radius 1 is 1.22 bits per heavy atom. The Morgan fingerprint density at radius 3 is 2.81 bits per heavy atom. The summed E-state index contributed by atoms with van der Waals surface area (Å²) in [5.41, 5.74) is 1.56. The molecule has 9 heteroatoms. The predicted octanol–water partition coefficient (Wildman–Crippen LogP) is 1.28. The maximum Gasteiger partial charge on any atom is 0.248 e. The second-order valence-corrected chi connectivity index (χ2v) is 6.28. The van der Waals surface area contributed by atoms with Crippen LogP contribution in [-0.2, 0) is 9.53 Å². The maximum absolute atomic E-state index is 12.3. The van der Waals surface area contributed by atoms with Crippen molar-refractivity contribution in [2.75, 3.05) is 26.8 Å². The Kier molecular flexibility index (Phi) is 4.84. The van der Waals surface area contributed by atoms with Crippen molar-refractivity contribution in [3.63, 3.8) is 0 Å². The summed E-state index contributed by atoms with van der Waals surface area (Å²) in [5, 5.41) is 4.03. The molecule has 4 heterocycles. The summed E-state index contributed by atoms with van der Waals surface area (Å²) in [7, 11) is 1.51. The number of carbonyl (C=O) groups excluding carboxylic acids is 1. The van der Waals surface area contributed by atoms with Crippen LogP contribution in [0.2, 0.25) is 0 Å². The molecular weight excluding hydrogens is 348 g/mol. The number of ether oxygens (including phenoxy) is 1. The fourth-order valence-corrected chi connectivity index (χ4v) is 3.31. The second kappa shape index (κ2) is 7.58. The number of hydrogen-bond donors (Lipinski definition) is 0. The highest BCUT2D eigenvalue weighted by atomic mass is 16.5. The number of rotatable bonds is 5. The van der Waals surface area contributed by atoms with Gasteiger partial charge in [-0.3, -0.25) is 14.8 Å². The van der Waals surface area contributed by atoms with E-state index in [1.165, 1.54) is 7.11 Å². The molecule has 1 saturated heterocycles. The third-order valence-corrected chi connectivity index (χ3v) is 4.60. The third kappa shape index (κ3) is 3.54. The van der Waals surface area contributed by atoms with E-state index in [4.69, 9.17) is 9.26 Å². The molecule has 0 saturated carbocycles. The summed E-state index contributed by atoms with van der Waals surface area (Å²) >= 11 is 0. The van der Waals surface area contributed by atoms with E-state index in [2.05, 4.69) is 25.1 Å². The minimum atomic E-state index is -0.132. The van der Waals surface area contributed by atoms with Crippen LogP contribution in [0.1, 0.15) is 23.3 Å². The average molecular weight is 366 g/mol. The summed E-state index contributed by atoms with van der Waals surface area (Å²) < 4.78 is 10.5. The molecule has 0 unspecified atom stereocenters. The van der Waals surface area contributed by atoms with E-state index in [9.17, 15) is 4.79 Å². The molecule has 1 fully saturated rings. The predicted molar refractivity (Wildman–Crippen MR) is 93.5 cm³/mol. The molecule has 1 aliphatic rings. The molecule has 138 valence electrons. The van der Waals surface area contributed by atoms with E-state index in [0.717, 1.165) is 5.56 Å². The molecule has 0 aromatic carbocycles. The number of likely N-dealkylation sites (tertiary alicyclic amines) is 1. The van der Waals surface area contributed by atoms with Crippen LogP contribution >= 0.6 is 0 Å². The van der Waals surface area contributed by atoms with Crippen LogP contribution in [0.15, 0.2) is 47.6 Å². The lowest BCUT2D eigenvalue weighted by Gasteiger charge is -2.15. The largest absolute Gasteiger partial charge is 0.375 e. The molecule has 3 aromatic heterocycles. The van der Waals surface area contributed by atoms with Gasteiger partial charge in [-0.25, -0.2) is 4.98 Å². The van der Waals surface area contributed by atoms with Gasteiger partial charge in [-0.05, 0) is 11.6 Å². The second-order valence-electron chi connectivity index (χ2n) is 6.28. The zero-order valence-electron chi connectivity index (χ0n) is 14.7. The number of carbonyl (C=O) groups is 1. The molecule has 0 aliphatic carbocycles. The van der Waals surface area contributed by atoms with Gasteiger partial charge in [0.2, 0.25) is 17.6 Å². The highest BCUT2D eigenvalue weighted by molar-refractivity contribution is 5.78. The van der Waals surface area contributed by atoms with Crippen LogP contribution in [0.3, 0.4) is 0 Å². The number of nitrogens with zero attached hydrogens (tertiary/aromatic N) is 6. The monoisotopic (exact) mass is 366 g/mol. The van der Waals surface area contributed by atoms with E-state index < -0.39 is 0 Å². The quantitative estimate of drug-likeness (QED) is 0.664. The average Bonchev–Trinajstić information content (AvgIpc) is 3.37. The number of methoxy groups -OCH3 is 1. The molecule has 1 aliphatic heterocycles. The third-order valence-electron chi connectivity index (χ3n) is 4.60.